The molecule has 4 rings (SSSR count). The van der Waals surface area contributed by atoms with Crippen LogP contribution in [0.4, 0.5) is 30.6 Å². The molecular formula is C24H18Cl2F2N4O2. The Kier molecular flexibility index (Phi) is 6.81. The standard InChI is InChI=1S/C24H18Cl2F2N4O2/c1-30-23(33)22(32(24(30)34)20-5-3-2-4-19(20)26)29-21(14-25)31(17-10-6-15(27)7-11-17)18-12-8-16(28)9-13-18/h2-13,21H,14H2,1H3. The van der Waals surface area contributed by atoms with Gasteiger partial charge in [-0.25, -0.2) is 23.5 Å². The molecule has 174 valence electrons. The Hall–Kier alpha value is -3.49. The van der Waals surface area contributed by atoms with Crippen LogP contribution in [0.15, 0.2) is 77.8 Å². The van der Waals surface area contributed by atoms with Gasteiger partial charge >= 0.3 is 6.03 Å². The number of hydrogen-bond acceptors (Lipinski definition) is 4. The lowest BCUT2D eigenvalue weighted by Gasteiger charge is -2.31. The minimum Gasteiger partial charge on any atom is -0.318 e. The highest BCUT2D eigenvalue weighted by Crippen LogP contribution is 2.33. The molecule has 1 fully saturated rings. The third-order valence-electron chi connectivity index (χ3n) is 5.20. The molecule has 3 aromatic rings. The van der Waals surface area contributed by atoms with Crippen LogP contribution in [0.3, 0.4) is 0 Å². The summed E-state index contributed by atoms with van der Waals surface area (Å²) < 4.78 is 27.2. The summed E-state index contributed by atoms with van der Waals surface area (Å²) in [5.41, 5.74) is 1.28. The fourth-order valence-electron chi connectivity index (χ4n) is 3.54. The van der Waals surface area contributed by atoms with Crippen LogP contribution in [0.1, 0.15) is 0 Å². The van der Waals surface area contributed by atoms with Gasteiger partial charge in [-0.1, -0.05) is 23.7 Å². The van der Waals surface area contributed by atoms with Gasteiger partial charge in [0.15, 0.2) is 0 Å². The summed E-state index contributed by atoms with van der Waals surface area (Å²) in [5, 5.41) is 0.253. The third kappa shape index (κ3) is 4.47. The number of amidine groups is 1. The van der Waals surface area contributed by atoms with E-state index in [0.717, 1.165) is 9.80 Å². The normalized spacial score (nSPS) is 15.9. The second-order valence-corrected chi connectivity index (χ2v) is 8.06. The van der Waals surface area contributed by atoms with E-state index >= 15 is 0 Å². The van der Waals surface area contributed by atoms with E-state index < -0.39 is 29.7 Å². The first-order valence-electron chi connectivity index (χ1n) is 10.1. The second kappa shape index (κ2) is 9.79. The molecule has 1 aliphatic rings. The van der Waals surface area contributed by atoms with Gasteiger partial charge in [0.2, 0.25) is 5.84 Å². The van der Waals surface area contributed by atoms with Gasteiger partial charge in [-0.3, -0.25) is 9.69 Å². The van der Waals surface area contributed by atoms with Crippen molar-refractivity contribution in [1.29, 1.82) is 0 Å². The number of alkyl halides is 1. The fourth-order valence-corrected chi connectivity index (χ4v) is 3.96. The summed E-state index contributed by atoms with van der Waals surface area (Å²) in [5.74, 6) is -1.82. The van der Waals surface area contributed by atoms with Gasteiger partial charge in [0.25, 0.3) is 5.91 Å². The topological polar surface area (TPSA) is 56.2 Å². The Bertz CT molecular complexity index is 1210. The van der Waals surface area contributed by atoms with Gasteiger partial charge in [0.1, 0.15) is 17.8 Å². The SMILES string of the molecule is CN1C(=O)C(=NC(CCl)N(c2ccc(F)cc2)c2ccc(F)cc2)N(c2ccccc2Cl)C1=O. The quantitative estimate of drug-likeness (QED) is 0.315. The maximum Gasteiger partial charge on any atom is 0.337 e. The monoisotopic (exact) mass is 502 g/mol. The second-order valence-electron chi connectivity index (χ2n) is 7.34. The van der Waals surface area contributed by atoms with Gasteiger partial charge in [-0.05, 0) is 60.7 Å². The van der Waals surface area contributed by atoms with Crippen molar-refractivity contribution in [1.82, 2.24) is 4.90 Å². The number of carbonyl (C=O) groups excluding carboxylic acids is 2. The van der Waals surface area contributed by atoms with Gasteiger partial charge in [-0.2, -0.15) is 0 Å². The molecule has 1 atom stereocenters. The number of aliphatic imine (C=N–C) groups is 1. The molecular weight excluding hydrogens is 485 g/mol. The maximum absolute atomic E-state index is 13.6. The molecule has 1 unspecified atom stereocenters. The van der Waals surface area contributed by atoms with E-state index in [-0.39, 0.29) is 22.4 Å². The van der Waals surface area contributed by atoms with E-state index in [4.69, 9.17) is 23.2 Å². The minimum atomic E-state index is -0.916. The molecule has 0 bridgehead atoms. The summed E-state index contributed by atoms with van der Waals surface area (Å²) in [6, 6.07) is 17.0. The molecule has 3 amide bonds. The average Bonchev–Trinajstić information content (AvgIpc) is 3.04. The highest BCUT2D eigenvalue weighted by atomic mass is 35.5. The number of likely N-dealkylation sites (N-methyl/N-ethyl adjacent to an activating group) is 1. The lowest BCUT2D eigenvalue weighted by molar-refractivity contribution is -0.119. The van der Waals surface area contributed by atoms with E-state index in [1.54, 1.807) is 29.2 Å². The van der Waals surface area contributed by atoms with E-state index in [1.807, 2.05) is 0 Å². The number of halogens is 4. The van der Waals surface area contributed by atoms with Crippen molar-refractivity contribution in [3.63, 3.8) is 0 Å². The van der Waals surface area contributed by atoms with Crippen molar-refractivity contribution >= 4 is 58.0 Å². The average molecular weight is 503 g/mol. The van der Waals surface area contributed by atoms with Crippen LogP contribution in [0.2, 0.25) is 5.02 Å². The lowest BCUT2D eigenvalue weighted by atomic mass is 10.2. The Morgan fingerprint density at radius 2 is 1.44 bits per heavy atom. The number of urea groups is 1. The number of benzene rings is 3. The van der Waals surface area contributed by atoms with Crippen LogP contribution in [0.5, 0.6) is 0 Å². The highest BCUT2D eigenvalue weighted by molar-refractivity contribution is 6.55. The minimum absolute atomic E-state index is 0.111. The largest absolute Gasteiger partial charge is 0.337 e. The number of imide groups is 1. The first kappa shape index (κ1) is 23.7. The van der Waals surface area contributed by atoms with Crippen molar-refractivity contribution in [2.45, 2.75) is 6.17 Å². The van der Waals surface area contributed by atoms with Crippen LogP contribution >= 0.6 is 23.2 Å². The van der Waals surface area contributed by atoms with Crippen molar-refractivity contribution in [3.05, 3.63) is 89.5 Å². The summed E-state index contributed by atoms with van der Waals surface area (Å²) >= 11 is 12.6. The van der Waals surface area contributed by atoms with Crippen LogP contribution < -0.4 is 9.80 Å². The number of hydrogen-bond donors (Lipinski definition) is 0. The Balaban J connectivity index is 1.85. The molecule has 0 aliphatic carbocycles. The summed E-state index contributed by atoms with van der Waals surface area (Å²) in [6.07, 6.45) is -0.916. The molecule has 1 heterocycles. The predicted octanol–water partition coefficient (Wildman–Crippen LogP) is 5.82. The molecule has 6 nitrogen and oxygen atoms in total. The molecule has 0 radical (unpaired) electrons. The molecule has 1 saturated heterocycles. The van der Waals surface area contributed by atoms with Crippen LogP contribution in [-0.2, 0) is 4.79 Å². The molecule has 10 heteroatoms. The molecule has 1 aliphatic heterocycles. The smallest absolute Gasteiger partial charge is 0.318 e. The molecule has 3 aromatic carbocycles. The molecule has 0 spiro atoms. The number of anilines is 3. The van der Waals surface area contributed by atoms with Crippen LogP contribution in [0.25, 0.3) is 0 Å². The van der Waals surface area contributed by atoms with Crippen molar-refractivity contribution in [2.24, 2.45) is 4.99 Å². The maximum atomic E-state index is 13.6. The number of para-hydroxylation sites is 1. The van der Waals surface area contributed by atoms with E-state index in [1.165, 1.54) is 55.6 Å². The number of amides is 3. The Morgan fingerprint density at radius 1 is 0.912 bits per heavy atom. The first-order chi connectivity index (χ1) is 16.3. The first-order valence-corrected chi connectivity index (χ1v) is 11.0. The zero-order valence-electron chi connectivity index (χ0n) is 17.8. The Morgan fingerprint density at radius 3 is 1.94 bits per heavy atom. The van der Waals surface area contributed by atoms with Gasteiger partial charge < -0.3 is 4.90 Å². The summed E-state index contributed by atoms with van der Waals surface area (Å²) in [6.45, 7) is 0. The van der Waals surface area contributed by atoms with Crippen LogP contribution in [0, 0.1) is 11.6 Å². The van der Waals surface area contributed by atoms with E-state index in [9.17, 15) is 18.4 Å². The molecule has 34 heavy (non-hydrogen) atoms. The Labute approximate surface area is 204 Å². The molecule has 0 saturated carbocycles. The summed E-state index contributed by atoms with van der Waals surface area (Å²) in [4.78, 5) is 34.1. The lowest BCUT2D eigenvalue weighted by Crippen LogP contribution is -2.37. The number of carbonyl (C=O) groups is 2. The van der Waals surface area contributed by atoms with Crippen LogP contribution in [-0.4, -0.2) is 41.8 Å². The van der Waals surface area contributed by atoms with Gasteiger partial charge in [0, 0.05) is 18.4 Å². The zero-order valence-corrected chi connectivity index (χ0v) is 19.3. The predicted molar refractivity (Wildman–Crippen MR) is 129 cm³/mol. The molecule has 0 aromatic heterocycles. The highest BCUT2D eigenvalue weighted by Gasteiger charge is 2.43. The van der Waals surface area contributed by atoms with Crippen molar-refractivity contribution < 1.29 is 18.4 Å². The zero-order chi connectivity index (χ0) is 24.4. The third-order valence-corrected chi connectivity index (χ3v) is 5.79. The van der Waals surface area contributed by atoms with Crippen molar-refractivity contribution in [2.75, 3.05) is 22.7 Å². The number of nitrogens with zero attached hydrogens (tertiary/aromatic N) is 4. The van der Waals surface area contributed by atoms with E-state index in [2.05, 4.69) is 4.99 Å². The van der Waals surface area contributed by atoms with Gasteiger partial charge in [-0.15, -0.1) is 11.6 Å². The number of rotatable bonds is 6. The molecule has 0 N–H and O–H groups in total. The summed E-state index contributed by atoms with van der Waals surface area (Å²) in [7, 11) is 1.34. The fraction of sp³-hybridized carbons (Fsp3) is 0.125. The van der Waals surface area contributed by atoms with Crippen molar-refractivity contribution in [3.8, 4) is 0 Å². The van der Waals surface area contributed by atoms with Gasteiger partial charge in [0.05, 0.1) is 16.6 Å². The van der Waals surface area contributed by atoms with E-state index in [0.29, 0.717) is 11.4 Å².